The SMILES string of the molecule is COC1(C2CCCCO2)C(C2CCCCO2)=CC=C2S[CH]N=C21. The molecule has 0 spiro atoms. The summed E-state index contributed by atoms with van der Waals surface area (Å²) in [6.45, 7) is 1.63. The molecule has 0 N–H and O–H groups in total. The Labute approximate surface area is 142 Å². The van der Waals surface area contributed by atoms with E-state index in [1.54, 1.807) is 18.9 Å². The van der Waals surface area contributed by atoms with Crippen molar-refractivity contribution in [2.45, 2.75) is 56.3 Å². The zero-order chi connectivity index (χ0) is 15.7. The lowest BCUT2D eigenvalue weighted by Gasteiger charge is -2.46. The van der Waals surface area contributed by atoms with Crippen LogP contribution in [-0.4, -0.2) is 43.8 Å². The van der Waals surface area contributed by atoms with E-state index in [1.807, 2.05) is 5.88 Å². The fraction of sp³-hybridized carbons (Fsp3) is 0.667. The van der Waals surface area contributed by atoms with Gasteiger partial charge in [0.1, 0.15) is 5.88 Å². The summed E-state index contributed by atoms with van der Waals surface area (Å²) in [5.74, 6) is 1.91. The Morgan fingerprint density at radius 3 is 2.65 bits per heavy atom. The molecule has 23 heavy (non-hydrogen) atoms. The highest BCUT2D eigenvalue weighted by molar-refractivity contribution is 8.06. The molecule has 4 nitrogen and oxygen atoms in total. The molecule has 2 fully saturated rings. The van der Waals surface area contributed by atoms with E-state index >= 15 is 0 Å². The lowest BCUT2D eigenvalue weighted by Crippen LogP contribution is -2.58. The maximum Gasteiger partial charge on any atom is 0.160 e. The van der Waals surface area contributed by atoms with Gasteiger partial charge in [-0.15, -0.1) is 0 Å². The third-order valence-electron chi connectivity index (χ3n) is 5.27. The highest BCUT2D eigenvalue weighted by Gasteiger charge is 2.53. The summed E-state index contributed by atoms with van der Waals surface area (Å²) < 4.78 is 18.5. The molecule has 0 aromatic carbocycles. The Kier molecular flexibility index (Phi) is 4.63. The maximum atomic E-state index is 6.22. The van der Waals surface area contributed by atoms with Gasteiger partial charge in [-0.1, -0.05) is 17.8 Å². The Balaban J connectivity index is 1.76. The maximum absolute atomic E-state index is 6.22. The van der Waals surface area contributed by atoms with Gasteiger partial charge in [-0.25, -0.2) is 0 Å². The molecule has 4 aliphatic rings. The molecule has 0 bridgehead atoms. The van der Waals surface area contributed by atoms with Crippen LogP contribution in [0.25, 0.3) is 0 Å². The summed E-state index contributed by atoms with van der Waals surface area (Å²) in [7, 11) is 1.79. The van der Waals surface area contributed by atoms with Gasteiger partial charge < -0.3 is 14.2 Å². The van der Waals surface area contributed by atoms with Gasteiger partial charge in [0.25, 0.3) is 0 Å². The van der Waals surface area contributed by atoms with Crippen molar-refractivity contribution in [1.29, 1.82) is 0 Å². The predicted molar refractivity (Wildman–Crippen MR) is 92.4 cm³/mol. The van der Waals surface area contributed by atoms with Gasteiger partial charge in [-0.05, 0) is 50.2 Å². The quantitative estimate of drug-likeness (QED) is 0.790. The number of ether oxygens (including phenoxy) is 3. The molecule has 0 amide bonds. The van der Waals surface area contributed by atoms with Gasteiger partial charge in [0.2, 0.25) is 0 Å². The minimum Gasteiger partial charge on any atom is -0.374 e. The smallest absolute Gasteiger partial charge is 0.160 e. The first-order chi connectivity index (χ1) is 11.4. The van der Waals surface area contributed by atoms with Crippen molar-refractivity contribution < 1.29 is 14.2 Å². The first-order valence-corrected chi connectivity index (χ1v) is 9.52. The number of fused-ring (bicyclic) bond motifs is 1. The summed E-state index contributed by atoms with van der Waals surface area (Å²) in [6.07, 6.45) is 11.2. The van der Waals surface area contributed by atoms with Crippen LogP contribution < -0.4 is 0 Å². The molecule has 1 aliphatic carbocycles. The minimum atomic E-state index is -0.591. The number of hydrogen-bond donors (Lipinski definition) is 0. The third kappa shape index (κ3) is 2.62. The van der Waals surface area contributed by atoms with Crippen molar-refractivity contribution in [1.82, 2.24) is 0 Å². The first-order valence-electron chi connectivity index (χ1n) is 8.64. The van der Waals surface area contributed by atoms with Crippen LogP contribution in [0.3, 0.4) is 0 Å². The van der Waals surface area contributed by atoms with Gasteiger partial charge in [0, 0.05) is 25.2 Å². The van der Waals surface area contributed by atoms with Gasteiger partial charge in [-0.2, -0.15) is 0 Å². The van der Waals surface area contributed by atoms with Crippen LogP contribution in [0.2, 0.25) is 0 Å². The normalized spacial score (nSPS) is 37.7. The molecule has 0 aromatic rings. The molecule has 1 radical (unpaired) electrons. The Bertz CT molecular complexity index is 544. The van der Waals surface area contributed by atoms with Crippen LogP contribution in [0.5, 0.6) is 0 Å². The standard InChI is InChI=1S/C18H24NO3S/c1-20-18(16-7-3-5-11-22-16)13(14-6-2-4-10-21-14)8-9-15-17(18)19-12-23-15/h8-9,12,14,16H,2-7,10-11H2,1H3. The summed E-state index contributed by atoms with van der Waals surface area (Å²) in [4.78, 5) is 5.87. The number of hydrogen-bond acceptors (Lipinski definition) is 5. The van der Waals surface area contributed by atoms with Gasteiger partial charge >= 0.3 is 0 Å². The van der Waals surface area contributed by atoms with Gasteiger partial charge in [0.15, 0.2) is 5.60 Å². The first kappa shape index (κ1) is 15.9. The lowest BCUT2D eigenvalue weighted by atomic mass is 9.74. The monoisotopic (exact) mass is 334 g/mol. The molecule has 0 aromatic heterocycles. The number of rotatable bonds is 3. The number of aliphatic imine (C=N–C) groups is 1. The van der Waals surface area contributed by atoms with E-state index in [0.29, 0.717) is 0 Å². The highest BCUT2D eigenvalue weighted by atomic mass is 32.2. The van der Waals surface area contributed by atoms with Crippen molar-refractivity contribution >= 4 is 17.5 Å². The average Bonchev–Trinajstić information content (AvgIpc) is 3.11. The summed E-state index contributed by atoms with van der Waals surface area (Å²) in [6, 6.07) is 0. The van der Waals surface area contributed by atoms with Gasteiger partial charge in [-0.3, -0.25) is 4.99 Å². The van der Waals surface area contributed by atoms with E-state index in [2.05, 4.69) is 17.1 Å². The van der Waals surface area contributed by atoms with Crippen molar-refractivity contribution in [3.8, 4) is 0 Å². The number of nitrogens with zero attached hydrogens (tertiary/aromatic N) is 1. The molecule has 4 rings (SSSR count). The summed E-state index contributed by atoms with van der Waals surface area (Å²) >= 11 is 1.67. The molecule has 3 atom stereocenters. The van der Waals surface area contributed by atoms with Crippen LogP contribution in [0.1, 0.15) is 38.5 Å². The highest BCUT2D eigenvalue weighted by Crippen LogP contribution is 2.47. The van der Waals surface area contributed by atoms with E-state index in [1.165, 1.54) is 23.3 Å². The predicted octanol–water partition coefficient (Wildman–Crippen LogP) is 3.64. The van der Waals surface area contributed by atoms with E-state index in [4.69, 9.17) is 14.2 Å². The molecule has 5 heteroatoms. The van der Waals surface area contributed by atoms with Crippen LogP contribution in [0, 0.1) is 5.88 Å². The van der Waals surface area contributed by atoms with Crippen molar-refractivity contribution in [2.24, 2.45) is 4.99 Å². The summed E-state index contributed by atoms with van der Waals surface area (Å²) in [5, 5.41) is 0. The fourth-order valence-corrected chi connectivity index (χ4v) is 4.89. The van der Waals surface area contributed by atoms with Crippen molar-refractivity contribution in [2.75, 3.05) is 20.3 Å². The number of methoxy groups -OCH3 is 1. The second kappa shape index (κ2) is 6.71. The minimum absolute atomic E-state index is 0.0209. The molecule has 125 valence electrons. The Morgan fingerprint density at radius 2 is 1.96 bits per heavy atom. The largest absolute Gasteiger partial charge is 0.374 e. The number of thioether (sulfide) groups is 1. The zero-order valence-electron chi connectivity index (χ0n) is 13.6. The van der Waals surface area contributed by atoms with E-state index in [0.717, 1.165) is 44.6 Å². The fourth-order valence-electron chi connectivity index (χ4n) is 4.16. The molecule has 0 saturated carbocycles. The second-order valence-electron chi connectivity index (χ2n) is 6.50. The number of allylic oxidation sites excluding steroid dienone is 2. The van der Waals surface area contributed by atoms with Crippen molar-refractivity contribution in [3.05, 3.63) is 28.5 Å². The molecular formula is C18H24NO3S. The molecule has 3 unspecified atom stereocenters. The zero-order valence-corrected chi connectivity index (χ0v) is 14.4. The van der Waals surface area contributed by atoms with Crippen LogP contribution in [0.15, 0.2) is 27.6 Å². The van der Waals surface area contributed by atoms with Crippen LogP contribution in [-0.2, 0) is 14.2 Å². The third-order valence-corrected chi connectivity index (χ3v) is 6.07. The molecular weight excluding hydrogens is 310 g/mol. The van der Waals surface area contributed by atoms with E-state index in [-0.39, 0.29) is 12.2 Å². The molecule has 2 saturated heterocycles. The topological polar surface area (TPSA) is 40.0 Å². The van der Waals surface area contributed by atoms with Crippen molar-refractivity contribution in [3.63, 3.8) is 0 Å². The average molecular weight is 334 g/mol. The van der Waals surface area contributed by atoms with Gasteiger partial charge in [0.05, 0.1) is 17.9 Å². The molecule has 3 heterocycles. The Morgan fingerprint density at radius 1 is 1.13 bits per heavy atom. The Hall–Kier alpha value is -0.620. The molecule has 3 aliphatic heterocycles. The van der Waals surface area contributed by atoms with E-state index < -0.39 is 5.60 Å². The second-order valence-corrected chi connectivity index (χ2v) is 7.39. The lowest BCUT2D eigenvalue weighted by molar-refractivity contribution is -0.103. The summed E-state index contributed by atoms with van der Waals surface area (Å²) in [5.41, 5.74) is 1.63. The van der Waals surface area contributed by atoms with Crippen LogP contribution in [0.4, 0.5) is 0 Å². The van der Waals surface area contributed by atoms with E-state index in [9.17, 15) is 0 Å². The van der Waals surface area contributed by atoms with Crippen LogP contribution >= 0.6 is 11.8 Å².